The zero-order valence-corrected chi connectivity index (χ0v) is 10.7. The first kappa shape index (κ1) is 13.0. The Morgan fingerprint density at radius 2 is 2.00 bits per heavy atom. The zero-order chi connectivity index (χ0) is 12.1. The first-order valence-corrected chi connectivity index (χ1v) is 5.67. The van der Waals surface area contributed by atoms with Gasteiger partial charge in [-0.15, -0.1) is 0 Å². The van der Waals surface area contributed by atoms with Crippen LogP contribution in [-0.2, 0) is 6.54 Å². The summed E-state index contributed by atoms with van der Waals surface area (Å²) in [6, 6.07) is 4.06. The van der Waals surface area contributed by atoms with E-state index in [1.165, 1.54) is 5.56 Å². The van der Waals surface area contributed by atoms with Gasteiger partial charge in [0.25, 0.3) is 0 Å². The smallest absolute Gasteiger partial charge is 0.122 e. The van der Waals surface area contributed by atoms with E-state index in [0.717, 1.165) is 30.8 Å². The normalized spacial score (nSPS) is 11.1. The summed E-state index contributed by atoms with van der Waals surface area (Å²) in [5, 5.41) is 13.1. The maximum Gasteiger partial charge on any atom is 0.122 e. The Labute approximate surface area is 98.1 Å². The van der Waals surface area contributed by atoms with E-state index in [1.807, 2.05) is 20.0 Å². The van der Waals surface area contributed by atoms with Crippen LogP contribution in [0.3, 0.4) is 0 Å². The third-order valence-corrected chi connectivity index (χ3v) is 2.71. The topological polar surface area (TPSA) is 35.5 Å². The van der Waals surface area contributed by atoms with E-state index in [4.69, 9.17) is 0 Å². The molecule has 1 rings (SSSR count). The lowest BCUT2D eigenvalue weighted by molar-refractivity contribution is 0.321. The average Bonchev–Trinajstić information content (AvgIpc) is 2.22. The van der Waals surface area contributed by atoms with Gasteiger partial charge in [0.05, 0.1) is 0 Å². The molecule has 0 fully saturated rings. The van der Waals surface area contributed by atoms with Gasteiger partial charge in [-0.3, -0.25) is 0 Å². The molecule has 1 aromatic rings. The summed E-state index contributed by atoms with van der Waals surface area (Å²) in [6.45, 7) is 6.73. The van der Waals surface area contributed by atoms with Gasteiger partial charge < -0.3 is 15.3 Å². The van der Waals surface area contributed by atoms with E-state index < -0.39 is 0 Å². The molecule has 2 N–H and O–H groups in total. The second-order valence-corrected chi connectivity index (χ2v) is 4.43. The molecule has 0 saturated carbocycles. The van der Waals surface area contributed by atoms with Crippen molar-refractivity contribution < 1.29 is 5.11 Å². The fraction of sp³-hybridized carbons (Fsp3) is 0.538. The number of phenolic OH excluding ortho intramolecular Hbond substituents is 1. The molecule has 0 aliphatic heterocycles. The molecule has 0 amide bonds. The molecule has 90 valence electrons. The molecule has 0 aromatic heterocycles. The highest BCUT2D eigenvalue weighted by atomic mass is 16.3. The predicted octanol–water partition coefficient (Wildman–Crippen LogP) is 1.66. The monoisotopic (exact) mass is 222 g/mol. The molecule has 0 spiro atoms. The number of nitrogens with zero attached hydrogens (tertiary/aromatic N) is 1. The maximum atomic E-state index is 9.95. The summed E-state index contributed by atoms with van der Waals surface area (Å²) < 4.78 is 0. The van der Waals surface area contributed by atoms with Crippen molar-refractivity contribution >= 4 is 0 Å². The predicted molar refractivity (Wildman–Crippen MR) is 67.8 cm³/mol. The molecule has 1 aromatic carbocycles. The molecule has 0 atom stereocenters. The zero-order valence-electron chi connectivity index (χ0n) is 10.7. The SMILES string of the molecule is CNCCN(C)Cc1cc(C)cc(C)c1O. The van der Waals surface area contributed by atoms with Gasteiger partial charge in [0.2, 0.25) is 0 Å². The van der Waals surface area contributed by atoms with E-state index in [9.17, 15) is 5.11 Å². The van der Waals surface area contributed by atoms with Crippen molar-refractivity contribution in [2.24, 2.45) is 0 Å². The lowest BCUT2D eigenvalue weighted by Crippen LogP contribution is -2.27. The highest BCUT2D eigenvalue weighted by molar-refractivity contribution is 5.42. The van der Waals surface area contributed by atoms with Gasteiger partial charge in [-0.25, -0.2) is 0 Å². The van der Waals surface area contributed by atoms with Gasteiger partial charge >= 0.3 is 0 Å². The summed E-state index contributed by atoms with van der Waals surface area (Å²) in [5.74, 6) is 0.432. The Kier molecular flexibility index (Phi) is 4.77. The Balaban J connectivity index is 2.72. The summed E-state index contributed by atoms with van der Waals surface area (Å²) in [6.07, 6.45) is 0. The van der Waals surface area contributed by atoms with E-state index in [-0.39, 0.29) is 0 Å². The van der Waals surface area contributed by atoms with Gasteiger partial charge in [-0.2, -0.15) is 0 Å². The van der Waals surface area contributed by atoms with Gasteiger partial charge in [0, 0.05) is 25.2 Å². The van der Waals surface area contributed by atoms with Crippen molar-refractivity contribution in [3.63, 3.8) is 0 Å². The molecule has 3 nitrogen and oxygen atoms in total. The highest BCUT2D eigenvalue weighted by Crippen LogP contribution is 2.24. The number of hydrogen-bond acceptors (Lipinski definition) is 3. The highest BCUT2D eigenvalue weighted by Gasteiger charge is 2.07. The average molecular weight is 222 g/mol. The van der Waals surface area contributed by atoms with Gasteiger partial charge in [0.1, 0.15) is 5.75 Å². The van der Waals surface area contributed by atoms with E-state index in [2.05, 4.69) is 30.3 Å². The molecular weight excluding hydrogens is 200 g/mol. The van der Waals surface area contributed by atoms with Gasteiger partial charge in [-0.05, 0) is 33.5 Å². The van der Waals surface area contributed by atoms with Crippen molar-refractivity contribution in [1.29, 1.82) is 0 Å². The number of nitrogens with one attached hydrogen (secondary N) is 1. The number of aromatic hydroxyl groups is 1. The third kappa shape index (κ3) is 3.51. The Morgan fingerprint density at radius 1 is 1.31 bits per heavy atom. The van der Waals surface area contributed by atoms with Crippen LogP contribution in [0.4, 0.5) is 0 Å². The van der Waals surface area contributed by atoms with Gasteiger partial charge in [0.15, 0.2) is 0 Å². The fourth-order valence-corrected chi connectivity index (χ4v) is 1.84. The van der Waals surface area contributed by atoms with E-state index in [1.54, 1.807) is 0 Å². The number of likely N-dealkylation sites (N-methyl/N-ethyl adjacent to an activating group) is 2. The lowest BCUT2D eigenvalue weighted by Gasteiger charge is -2.18. The van der Waals surface area contributed by atoms with Crippen LogP contribution in [0.5, 0.6) is 5.75 Å². The molecule has 0 bridgehead atoms. The van der Waals surface area contributed by atoms with Crippen molar-refractivity contribution in [2.45, 2.75) is 20.4 Å². The maximum absolute atomic E-state index is 9.95. The van der Waals surface area contributed by atoms with Crippen LogP contribution < -0.4 is 5.32 Å². The van der Waals surface area contributed by atoms with E-state index in [0.29, 0.717) is 5.75 Å². The lowest BCUT2D eigenvalue weighted by atomic mass is 10.1. The number of phenols is 1. The number of aryl methyl sites for hydroxylation is 2. The largest absolute Gasteiger partial charge is 0.507 e. The number of rotatable bonds is 5. The van der Waals surface area contributed by atoms with Crippen molar-refractivity contribution in [1.82, 2.24) is 10.2 Å². The quantitative estimate of drug-likeness (QED) is 0.795. The van der Waals surface area contributed by atoms with Crippen molar-refractivity contribution in [2.75, 3.05) is 27.2 Å². The summed E-state index contributed by atoms with van der Waals surface area (Å²) in [5.41, 5.74) is 3.17. The summed E-state index contributed by atoms with van der Waals surface area (Å²) in [4.78, 5) is 2.20. The fourth-order valence-electron chi connectivity index (χ4n) is 1.84. The molecular formula is C13H22N2O. The summed E-state index contributed by atoms with van der Waals surface area (Å²) in [7, 11) is 4.01. The van der Waals surface area contributed by atoms with E-state index >= 15 is 0 Å². The number of hydrogen-bond donors (Lipinski definition) is 2. The second-order valence-electron chi connectivity index (χ2n) is 4.43. The minimum absolute atomic E-state index is 0.432. The molecule has 0 aliphatic carbocycles. The standard InChI is InChI=1S/C13H22N2O/c1-10-7-11(2)13(16)12(8-10)9-15(4)6-5-14-3/h7-8,14,16H,5-6,9H2,1-4H3. The van der Waals surface area contributed by atoms with Crippen LogP contribution in [0.1, 0.15) is 16.7 Å². The minimum atomic E-state index is 0.432. The van der Waals surface area contributed by atoms with Crippen LogP contribution in [0, 0.1) is 13.8 Å². The van der Waals surface area contributed by atoms with Crippen molar-refractivity contribution in [3.05, 3.63) is 28.8 Å². The Hall–Kier alpha value is -1.06. The number of benzene rings is 1. The molecule has 0 heterocycles. The van der Waals surface area contributed by atoms with Crippen LogP contribution in [-0.4, -0.2) is 37.2 Å². The van der Waals surface area contributed by atoms with Crippen LogP contribution in [0.25, 0.3) is 0 Å². The summed E-state index contributed by atoms with van der Waals surface area (Å²) >= 11 is 0. The molecule has 16 heavy (non-hydrogen) atoms. The first-order chi connectivity index (χ1) is 7.54. The Bertz CT molecular complexity index is 350. The Morgan fingerprint density at radius 3 is 2.62 bits per heavy atom. The van der Waals surface area contributed by atoms with Crippen LogP contribution >= 0.6 is 0 Å². The van der Waals surface area contributed by atoms with Crippen molar-refractivity contribution in [3.8, 4) is 5.75 Å². The third-order valence-electron chi connectivity index (χ3n) is 2.71. The molecule has 3 heteroatoms. The molecule has 0 radical (unpaired) electrons. The van der Waals surface area contributed by atoms with Crippen LogP contribution in [0.15, 0.2) is 12.1 Å². The second kappa shape index (κ2) is 5.87. The first-order valence-electron chi connectivity index (χ1n) is 5.67. The minimum Gasteiger partial charge on any atom is -0.507 e. The molecule has 0 aliphatic rings. The van der Waals surface area contributed by atoms with Crippen LogP contribution in [0.2, 0.25) is 0 Å². The molecule has 0 unspecified atom stereocenters. The molecule has 0 saturated heterocycles. The van der Waals surface area contributed by atoms with Gasteiger partial charge in [-0.1, -0.05) is 17.7 Å².